The van der Waals surface area contributed by atoms with Crippen molar-refractivity contribution in [2.75, 3.05) is 19.0 Å². The molecule has 0 bridgehead atoms. The van der Waals surface area contributed by atoms with Crippen LogP contribution < -0.4 is 10.6 Å². The number of carbonyl (C=O) groups excluding carboxylic acids is 2. The topological polar surface area (TPSA) is 93.5 Å². The normalized spacial score (nSPS) is 9.95. The summed E-state index contributed by atoms with van der Waals surface area (Å²) in [4.78, 5) is 22.5. The predicted molar refractivity (Wildman–Crippen MR) is 75.6 cm³/mol. The number of carbonyl (C=O) groups is 2. The molecular formula is C14H15N3O4. The quantitative estimate of drug-likeness (QED) is 0.821. The lowest BCUT2D eigenvalue weighted by molar-refractivity contribution is -0.140. The van der Waals surface area contributed by atoms with E-state index in [1.807, 2.05) is 30.3 Å². The summed E-state index contributed by atoms with van der Waals surface area (Å²) in [5, 5.41) is 8.78. The fraction of sp³-hybridized carbons (Fsp3) is 0.214. The number of amides is 2. The molecule has 2 rings (SSSR count). The van der Waals surface area contributed by atoms with E-state index in [0.717, 1.165) is 5.56 Å². The van der Waals surface area contributed by atoms with Gasteiger partial charge in [-0.3, -0.25) is 10.1 Å². The van der Waals surface area contributed by atoms with Gasteiger partial charge in [0.25, 0.3) is 0 Å². The highest BCUT2D eigenvalue weighted by Gasteiger charge is 2.09. The van der Waals surface area contributed by atoms with E-state index in [9.17, 15) is 9.59 Å². The highest BCUT2D eigenvalue weighted by atomic mass is 16.5. The number of nitrogens with zero attached hydrogens (tertiary/aromatic N) is 1. The molecule has 0 aliphatic carbocycles. The van der Waals surface area contributed by atoms with Crippen molar-refractivity contribution in [2.24, 2.45) is 0 Å². The van der Waals surface area contributed by atoms with Crippen LogP contribution in [0.4, 0.5) is 10.6 Å². The van der Waals surface area contributed by atoms with Gasteiger partial charge in [-0.25, -0.2) is 4.79 Å². The Morgan fingerprint density at radius 2 is 2.05 bits per heavy atom. The van der Waals surface area contributed by atoms with Gasteiger partial charge < -0.3 is 14.6 Å². The molecule has 7 nitrogen and oxygen atoms in total. The van der Waals surface area contributed by atoms with Crippen LogP contribution in [0.2, 0.25) is 0 Å². The summed E-state index contributed by atoms with van der Waals surface area (Å²) in [6, 6.07) is 10.6. The van der Waals surface area contributed by atoms with Gasteiger partial charge in [0.2, 0.25) is 0 Å². The number of benzene rings is 1. The lowest BCUT2D eigenvalue weighted by Gasteiger charge is -2.03. The number of nitrogens with one attached hydrogen (secondary N) is 2. The molecule has 21 heavy (non-hydrogen) atoms. The van der Waals surface area contributed by atoms with E-state index < -0.39 is 6.03 Å². The summed E-state index contributed by atoms with van der Waals surface area (Å²) in [5.74, 6) is 0.466. The van der Waals surface area contributed by atoms with E-state index in [1.165, 1.54) is 7.11 Å². The van der Waals surface area contributed by atoms with Crippen molar-refractivity contribution in [1.29, 1.82) is 0 Å². The van der Waals surface area contributed by atoms with E-state index in [-0.39, 0.29) is 18.9 Å². The first-order valence-corrected chi connectivity index (χ1v) is 6.33. The summed E-state index contributed by atoms with van der Waals surface area (Å²) in [7, 11) is 1.29. The second-order valence-electron chi connectivity index (χ2n) is 4.15. The van der Waals surface area contributed by atoms with Gasteiger partial charge in [0.1, 0.15) is 0 Å². The standard InChI is InChI=1S/C14H15N3O4/c1-20-13(18)7-8-15-14(19)16-12-9-11(21-17-12)10-5-3-2-4-6-10/h2-6,9H,7-8H2,1H3,(H2,15,16,17,19). The molecular weight excluding hydrogens is 274 g/mol. The molecule has 2 aromatic rings. The highest BCUT2D eigenvalue weighted by molar-refractivity contribution is 5.88. The Balaban J connectivity index is 1.85. The zero-order chi connectivity index (χ0) is 15.1. The second kappa shape index (κ2) is 7.09. The Labute approximate surface area is 121 Å². The second-order valence-corrected chi connectivity index (χ2v) is 4.15. The third kappa shape index (κ3) is 4.34. The molecule has 1 aromatic heterocycles. The summed E-state index contributed by atoms with van der Waals surface area (Å²) < 4.78 is 9.61. The van der Waals surface area contributed by atoms with Crippen LogP contribution in [-0.4, -0.2) is 30.8 Å². The average molecular weight is 289 g/mol. The summed E-state index contributed by atoms with van der Waals surface area (Å²) >= 11 is 0. The molecule has 7 heteroatoms. The van der Waals surface area contributed by atoms with Gasteiger partial charge in [0.05, 0.1) is 13.5 Å². The van der Waals surface area contributed by atoms with Crippen molar-refractivity contribution in [2.45, 2.75) is 6.42 Å². The van der Waals surface area contributed by atoms with Crippen molar-refractivity contribution in [1.82, 2.24) is 10.5 Å². The van der Waals surface area contributed by atoms with Gasteiger partial charge in [-0.05, 0) is 0 Å². The van der Waals surface area contributed by atoms with Crippen molar-refractivity contribution in [3.8, 4) is 11.3 Å². The molecule has 0 atom stereocenters. The number of ether oxygens (including phenoxy) is 1. The van der Waals surface area contributed by atoms with E-state index in [0.29, 0.717) is 11.6 Å². The Morgan fingerprint density at radius 1 is 1.29 bits per heavy atom. The molecule has 0 aliphatic rings. The number of rotatable bonds is 5. The predicted octanol–water partition coefficient (Wildman–Crippen LogP) is 2.03. The van der Waals surface area contributed by atoms with Crippen LogP contribution in [0.25, 0.3) is 11.3 Å². The monoisotopic (exact) mass is 289 g/mol. The molecule has 2 amide bonds. The van der Waals surface area contributed by atoms with Crippen LogP contribution in [0.5, 0.6) is 0 Å². The first-order chi connectivity index (χ1) is 10.2. The lowest BCUT2D eigenvalue weighted by Crippen LogP contribution is -2.30. The van der Waals surface area contributed by atoms with Gasteiger partial charge in [0.15, 0.2) is 11.6 Å². The summed E-state index contributed by atoms with van der Waals surface area (Å²) in [6.07, 6.45) is 0.109. The van der Waals surface area contributed by atoms with E-state index in [4.69, 9.17) is 4.52 Å². The molecule has 0 saturated heterocycles. The smallest absolute Gasteiger partial charge is 0.320 e. The Kier molecular flexibility index (Phi) is 4.92. The molecule has 1 heterocycles. The van der Waals surface area contributed by atoms with Crippen molar-refractivity contribution in [3.63, 3.8) is 0 Å². The van der Waals surface area contributed by atoms with Gasteiger partial charge in [-0.2, -0.15) is 0 Å². The Hall–Kier alpha value is -2.83. The number of esters is 1. The molecule has 0 aliphatic heterocycles. The third-order valence-electron chi connectivity index (χ3n) is 2.65. The summed E-state index contributed by atoms with van der Waals surface area (Å²) in [6.45, 7) is 0.182. The minimum absolute atomic E-state index is 0.109. The highest BCUT2D eigenvalue weighted by Crippen LogP contribution is 2.21. The van der Waals surface area contributed by atoms with Gasteiger partial charge in [-0.15, -0.1) is 0 Å². The van der Waals surface area contributed by atoms with Crippen LogP contribution in [0, 0.1) is 0 Å². The number of hydrogen-bond donors (Lipinski definition) is 2. The number of anilines is 1. The SMILES string of the molecule is COC(=O)CCNC(=O)Nc1cc(-c2ccccc2)on1. The first-order valence-electron chi connectivity index (χ1n) is 6.33. The van der Waals surface area contributed by atoms with Crippen LogP contribution in [0.1, 0.15) is 6.42 Å². The lowest BCUT2D eigenvalue weighted by atomic mass is 10.2. The van der Waals surface area contributed by atoms with Crippen molar-refractivity contribution >= 4 is 17.8 Å². The molecule has 1 aromatic carbocycles. The Morgan fingerprint density at radius 3 is 2.76 bits per heavy atom. The molecule has 0 fully saturated rings. The molecule has 2 N–H and O–H groups in total. The van der Waals surface area contributed by atoms with Crippen molar-refractivity contribution in [3.05, 3.63) is 36.4 Å². The largest absolute Gasteiger partial charge is 0.469 e. The van der Waals surface area contributed by atoms with Crippen LogP contribution in [0.3, 0.4) is 0 Å². The van der Waals surface area contributed by atoms with E-state index >= 15 is 0 Å². The van der Waals surface area contributed by atoms with Crippen LogP contribution in [0.15, 0.2) is 40.9 Å². The Bertz CT molecular complexity index is 610. The minimum atomic E-state index is -0.466. The fourth-order valence-electron chi connectivity index (χ4n) is 1.61. The maximum Gasteiger partial charge on any atom is 0.320 e. The fourth-order valence-corrected chi connectivity index (χ4v) is 1.61. The van der Waals surface area contributed by atoms with E-state index in [2.05, 4.69) is 20.5 Å². The van der Waals surface area contributed by atoms with Crippen molar-refractivity contribution < 1.29 is 18.8 Å². The molecule has 0 radical (unpaired) electrons. The minimum Gasteiger partial charge on any atom is -0.469 e. The van der Waals surface area contributed by atoms with Gasteiger partial charge in [0, 0.05) is 18.2 Å². The molecule has 0 saturated carbocycles. The zero-order valence-corrected chi connectivity index (χ0v) is 11.5. The van der Waals surface area contributed by atoms with E-state index in [1.54, 1.807) is 6.07 Å². The number of methoxy groups -OCH3 is 1. The van der Waals surface area contributed by atoms with Gasteiger partial charge >= 0.3 is 12.0 Å². The van der Waals surface area contributed by atoms with Gasteiger partial charge in [-0.1, -0.05) is 35.5 Å². The molecule has 0 spiro atoms. The summed E-state index contributed by atoms with van der Waals surface area (Å²) in [5.41, 5.74) is 0.865. The number of urea groups is 1. The molecule has 110 valence electrons. The zero-order valence-electron chi connectivity index (χ0n) is 11.5. The number of aromatic nitrogens is 1. The maximum absolute atomic E-state index is 11.6. The third-order valence-corrected chi connectivity index (χ3v) is 2.65. The average Bonchev–Trinajstić information content (AvgIpc) is 2.96. The number of hydrogen-bond acceptors (Lipinski definition) is 5. The first kappa shape index (κ1) is 14.6. The molecule has 0 unspecified atom stereocenters. The van der Waals surface area contributed by atoms with Crippen LogP contribution in [-0.2, 0) is 9.53 Å². The maximum atomic E-state index is 11.6. The van der Waals surface area contributed by atoms with Crippen LogP contribution >= 0.6 is 0 Å².